The molecule has 1 aliphatic heterocycles. The molecule has 0 amide bonds. The SMILES string of the molecule is CCC(O/N=C1/CCCC/C1=C/c1ccc(OC)cc1)N1CCNCC1C. The average Bonchev–Trinajstić information content (AvgIpc) is 2.71. The fourth-order valence-corrected chi connectivity index (χ4v) is 3.85. The summed E-state index contributed by atoms with van der Waals surface area (Å²) in [6.07, 6.45) is 7.70. The quantitative estimate of drug-likeness (QED) is 0.766. The van der Waals surface area contributed by atoms with E-state index in [0.717, 1.165) is 50.4 Å². The lowest BCUT2D eigenvalue weighted by molar-refractivity contribution is -0.0828. The molecule has 0 aromatic heterocycles. The summed E-state index contributed by atoms with van der Waals surface area (Å²) in [5, 5.41) is 8.08. The van der Waals surface area contributed by atoms with E-state index in [1.165, 1.54) is 24.0 Å². The van der Waals surface area contributed by atoms with E-state index in [4.69, 9.17) is 9.57 Å². The maximum absolute atomic E-state index is 6.07. The Morgan fingerprint density at radius 1 is 1.26 bits per heavy atom. The van der Waals surface area contributed by atoms with Crippen molar-refractivity contribution in [2.75, 3.05) is 26.7 Å². The van der Waals surface area contributed by atoms with E-state index in [0.29, 0.717) is 6.04 Å². The molecule has 148 valence electrons. The van der Waals surface area contributed by atoms with Gasteiger partial charge < -0.3 is 14.9 Å². The van der Waals surface area contributed by atoms with Crippen LogP contribution in [0.15, 0.2) is 35.0 Å². The number of allylic oxidation sites excluding steroid dienone is 1. The Hall–Kier alpha value is -1.85. The normalized spacial score (nSPS) is 25.5. The molecule has 27 heavy (non-hydrogen) atoms. The second-order valence-electron chi connectivity index (χ2n) is 7.45. The lowest BCUT2D eigenvalue weighted by atomic mass is 9.91. The standard InChI is InChI=1S/C22H33N3O2/c1-4-22(25-14-13-23-16-17(25)2)27-24-21-8-6-5-7-19(21)15-18-9-11-20(26-3)12-10-18/h9-12,15,17,22-23H,4-8,13-14,16H2,1-3H3/b19-15-,24-21-. The van der Waals surface area contributed by atoms with Gasteiger partial charge in [0.2, 0.25) is 0 Å². The molecule has 2 aliphatic rings. The van der Waals surface area contributed by atoms with Gasteiger partial charge in [-0.1, -0.05) is 24.2 Å². The van der Waals surface area contributed by atoms with Crippen LogP contribution in [0.3, 0.4) is 0 Å². The third-order valence-electron chi connectivity index (χ3n) is 5.49. The lowest BCUT2D eigenvalue weighted by Gasteiger charge is -2.38. The van der Waals surface area contributed by atoms with Crippen molar-refractivity contribution in [2.45, 2.75) is 58.2 Å². The minimum atomic E-state index is 0.0544. The van der Waals surface area contributed by atoms with E-state index in [1.807, 2.05) is 12.1 Å². The molecule has 1 heterocycles. The molecule has 1 aromatic rings. The first-order valence-electron chi connectivity index (χ1n) is 10.3. The first kappa shape index (κ1) is 19.9. The van der Waals surface area contributed by atoms with Gasteiger partial charge in [0.1, 0.15) is 5.75 Å². The summed E-state index contributed by atoms with van der Waals surface area (Å²) < 4.78 is 5.25. The zero-order valence-electron chi connectivity index (χ0n) is 16.9. The third-order valence-corrected chi connectivity index (χ3v) is 5.49. The number of ether oxygens (including phenoxy) is 1. The van der Waals surface area contributed by atoms with Crippen molar-refractivity contribution in [3.05, 3.63) is 35.4 Å². The molecule has 1 N–H and O–H groups in total. The summed E-state index contributed by atoms with van der Waals surface area (Å²) in [4.78, 5) is 8.50. The second kappa shape index (κ2) is 9.90. The Kier molecular flexibility index (Phi) is 7.30. The number of nitrogens with one attached hydrogen (secondary N) is 1. The highest BCUT2D eigenvalue weighted by Gasteiger charge is 2.26. The van der Waals surface area contributed by atoms with Gasteiger partial charge in [-0.25, -0.2) is 0 Å². The van der Waals surface area contributed by atoms with Crippen LogP contribution < -0.4 is 10.1 Å². The van der Waals surface area contributed by atoms with Crippen molar-refractivity contribution < 1.29 is 9.57 Å². The smallest absolute Gasteiger partial charge is 0.181 e. The molecule has 1 saturated heterocycles. The highest BCUT2D eigenvalue weighted by atomic mass is 16.6. The maximum Gasteiger partial charge on any atom is 0.181 e. The molecule has 2 fully saturated rings. The van der Waals surface area contributed by atoms with Gasteiger partial charge >= 0.3 is 0 Å². The number of hydrogen-bond donors (Lipinski definition) is 1. The highest BCUT2D eigenvalue weighted by molar-refractivity contribution is 6.04. The Morgan fingerprint density at radius 3 is 2.74 bits per heavy atom. The molecule has 5 nitrogen and oxygen atoms in total. The van der Waals surface area contributed by atoms with E-state index in [-0.39, 0.29) is 6.23 Å². The van der Waals surface area contributed by atoms with Crippen molar-refractivity contribution in [1.29, 1.82) is 0 Å². The minimum absolute atomic E-state index is 0.0544. The molecule has 0 radical (unpaired) electrons. The third kappa shape index (κ3) is 5.33. The van der Waals surface area contributed by atoms with Crippen LogP contribution in [-0.2, 0) is 4.84 Å². The Bertz CT molecular complexity index is 654. The number of oxime groups is 1. The van der Waals surface area contributed by atoms with Gasteiger partial charge in [-0.2, -0.15) is 0 Å². The van der Waals surface area contributed by atoms with Crippen LogP contribution in [0, 0.1) is 0 Å². The number of nitrogens with zero attached hydrogens (tertiary/aromatic N) is 2. The van der Waals surface area contributed by atoms with Crippen molar-refractivity contribution in [3.8, 4) is 5.75 Å². The van der Waals surface area contributed by atoms with Crippen molar-refractivity contribution in [3.63, 3.8) is 0 Å². The predicted octanol–water partition coefficient (Wildman–Crippen LogP) is 4.06. The van der Waals surface area contributed by atoms with E-state index >= 15 is 0 Å². The summed E-state index contributed by atoms with van der Waals surface area (Å²) in [5.41, 5.74) is 3.59. The van der Waals surface area contributed by atoms with Gasteiger partial charge in [-0.05, 0) is 68.4 Å². The zero-order chi connectivity index (χ0) is 19.1. The average molecular weight is 372 g/mol. The van der Waals surface area contributed by atoms with Gasteiger partial charge in [0.15, 0.2) is 6.23 Å². The molecule has 1 saturated carbocycles. The molecule has 5 heteroatoms. The Balaban J connectivity index is 1.72. The predicted molar refractivity (Wildman–Crippen MR) is 111 cm³/mol. The summed E-state index contributed by atoms with van der Waals surface area (Å²) in [6, 6.07) is 8.67. The van der Waals surface area contributed by atoms with E-state index in [9.17, 15) is 0 Å². The maximum atomic E-state index is 6.07. The number of rotatable bonds is 6. The summed E-state index contributed by atoms with van der Waals surface area (Å²) >= 11 is 0. The van der Waals surface area contributed by atoms with Crippen molar-refractivity contribution in [2.24, 2.45) is 5.16 Å². The molecule has 2 unspecified atom stereocenters. The van der Waals surface area contributed by atoms with Gasteiger partial charge in [-0.3, -0.25) is 4.90 Å². The summed E-state index contributed by atoms with van der Waals surface area (Å²) in [6.45, 7) is 7.47. The monoisotopic (exact) mass is 371 g/mol. The van der Waals surface area contributed by atoms with E-state index in [2.05, 4.69) is 47.4 Å². The molecule has 0 spiro atoms. The minimum Gasteiger partial charge on any atom is -0.497 e. The van der Waals surface area contributed by atoms with Gasteiger partial charge in [-0.15, -0.1) is 0 Å². The van der Waals surface area contributed by atoms with E-state index in [1.54, 1.807) is 7.11 Å². The van der Waals surface area contributed by atoms with Crippen LogP contribution >= 0.6 is 0 Å². The zero-order valence-corrected chi connectivity index (χ0v) is 16.9. The molecule has 0 bridgehead atoms. The van der Waals surface area contributed by atoms with Crippen molar-refractivity contribution >= 4 is 11.8 Å². The first-order valence-corrected chi connectivity index (χ1v) is 10.3. The van der Waals surface area contributed by atoms with Crippen LogP contribution in [0.25, 0.3) is 6.08 Å². The van der Waals surface area contributed by atoms with Gasteiger partial charge in [0.25, 0.3) is 0 Å². The summed E-state index contributed by atoms with van der Waals surface area (Å²) in [5.74, 6) is 0.883. The number of methoxy groups -OCH3 is 1. The molecular weight excluding hydrogens is 338 g/mol. The van der Waals surface area contributed by atoms with Gasteiger partial charge in [0.05, 0.1) is 12.8 Å². The van der Waals surface area contributed by atoms with Crippen molar-refractivity contribution in [1.82, 2.24) is 10.2 Å². The van der Waals surface area contributed by atoms with Crippen LogP contribution in [0.4, 0.5) is 0 Å². The molecule has 3 rings (SSSR count). The fourth-order valence-electron chi connectivity index (χ4n) is 3.85. The highest BCUT2D eigenvalue weighted by Crippen LogP contribution is 2.25. The first-order chi connectivity index (χ1) is 13.2. The molecule has 1 aromatic carbocycles. The van der Waals surface area contributed by atoms with Gasteiger partial charge in [0, 0.05) is 25.7 Å². The fraction of sp³-hybridized carbons (Fsp3) is 0.591. The van der Waals surface area contributed by atoms with Crippen LogP contribution in [0.1, 0.15) is 51.5 Å². The molecular formula is C22H33N3O2. The Morgan fingerprint density at radius 2 is 2.04 bits per heavy atom. The molecule has 1 aliphatic carbocycles. The molecule has 2 atom stereocenters. The summed E-state index contributed by atoms with van der Waals surface area (Å²) in [7, 11) is 1.69. The Labute approximate surface area is 163 Å². The lowest BCUT2D eigenvalue weighted by Crippen LogP contribution is -2.54. The van der Waals surface area contributed by atoms with Crippen LogP contribution in [-0.4, -0.2) is 49.6 Å². The topological polar surface area (TPSA) is 46.1 Å². The van der Waals surface area contributed by atoms with Crippen LogP contribution in [0.2, 0.25) is 0 Å². The number of hydrogen-bond acceptors (Lipinski definition) is 5. The van der Waals surface area contributed by atoms with Crippen LogP contribution in [0.5, 0.6) is 5.75 Å². The second-order valence-corrected chi connectivity index (χ2v) is 7.45. The largest absolute Gasteiger partial charge is 0.497 e. The number of piperazine rings is 1. The number of benzene rings is 1. The van der Waals surface area contributed by atoms with E-state index < -0.39 is 0 Å².